The van der Waals surface area contributed by atoms with Crippen LogP contribution < -0.4 is 11.2 Å². The first-order valence-electron chi connectivity index (χ1n) is 6.45. The predicted octanol–water partition coefficient (Wildman–Crippen LogP) is 1.27. The van der Waals surface area contributed by atoms with Gasteiger partial charge in [0.1, 0.15) is 5.82 Å². The molecule has 0 aliphatic heterocycles. The zero-order valence-electron chi connectivity index (χ0n) is 11.9. The molecular weight excluding hydrogens is 311 g/mol. The van der Waals surface area contributed by atoms with E-state index >= 15 is 0 Å². The Kier molecular flexibility index (Phi) is 3.37. The van der Waals surface area contributed by atoms with Crippen LogP contribution in [0.5, 0.6) is 0 Å². The third kappa shape index (κ3) is 2.14. The number of hydrogen-bond acceptors (Lipinski definition) is 3. The Bertz CT molecular complexity index is 1000. The molecule has 3 aromatic rings. The Labute approximate surface area is 129 Å². The zero-order chi connectivity index (χ0) is 16.0. The van der Waals surface area contributed by atoms with E-state index in [0.717, 1.165) is 4.57 Å². The molecule has 0 fully saturated rings. The van der Waals surface area contributed by atoms with E-state index in [0.29, 0.717) is 16.7 Å². The van der Waals surface area contributed by atoms with E-state index in [-0.39, 0.29) is 11.6 Å². The molecule has 8 heteroatoms. The van der Waals surface area contributed by atoms with Gasteiger partial charge in [-0.3, -0.25) is 13.9 Å². The maximum atomic E-state index is 13.1. The second-order valence-corrected chi connectivity index (χ2v) is 5.39. The molecule has 0 spiro atoms. The van der Waals surface area contributed by atoms with Gasteiger partial charge in [-0.2, -0.15) is 0 Å². The highest BCUT2D eigenvalue weighted by Crippen LogP contribution is 2.19. The van der Waals surface area contributed by atoms with Crippen LogP contribution in [0.4, 0.5) is 4.39 Å². The fourth-order valence-corrected chi connectivity index (χ4v) is 2.58. The smallest absolute Gasteiger partial charge is 0.320 e. The summed E-state index contributed by atoms with van der Waals surface area (Å²) in [6, 6.07) is 4.06. The molecule has 114 valence electrons. The molecular formula is C14H12ClFN4O2. The summed E-state index contributed by atoms with van der Waals surface area (Å²) in [5.74, 6) is -0.428. The first kappa shape index (κ1) is 14.5. The fourth-order valence-electron chi connectivity index (χ4n) is 2.35. The van der Waals surface area contributed by atoms with Crippen LogP contribution in [0.3, 0.4) is 0 Å². The Hall–Kier alpha value is -2.41. The lowest BCUT2D eigenvalue weighted by atomic mass is 10.2. The molecule has 2 aromatic heterocycles. The molecule has 22 heavy (non-hydrogen) atoms. The van der Waals surface area contributed by atoms with Crippen LogP contribution in [0.2, 0.25) is 5.02 Å². The van der Waals surface area contributed by atoms with Crippen molar-refractivity contribution in [3.05, 3.63) is 61.8 Å². The minimum Gasteiger partial charge on any atom is -0.320 e. The monoisotopic (exact) mass is 322 g/mol. The summed E-state index contributed by atoms with van der Waals surface area (Å²) < 4.78 is 17.0. The molecule has 0 unspecified atom stereocenters. The number of halogens is 2. The number of benzene rings is 1. The second-order valence-electron chi connectivity index (χ2n) is 4.99. The number of fused-ring (bicyclic) bond motifs is 1. The minimum atomic E-state index is -0.442. The highest BCUT2D eigenvalue weighted by Gasteiger charge is 2.15. The van der Waals surface area contributed by atoms with E-state index < -0.39 is 17.1 Å². The molecule has 0 aliphatic rings. The van der Waals surface area contributed by atoms with Crippen molar-refractivity contribution in [1.29, 1.82) is 0 Å². The summed E-state index contributed by atoms with van der Waals surface area (Å²) >= 11 is 6.01. The molecule has 0 atom stereocenters. The SMILES string of the molecule is Cn1c(=O)c2c(ncn2Cc2ccc(F)cc2Cl)n(C)c1=O. The van der Waals surface area contributed by atoms with Crippen LogP contribution in [-0.4, -0.2) is 18.7 Å². The van der Waals surface area contributed by atoms with Crippen LogP contribution in [-0.2, 0) is 20.6 Å². The van der Waals surface area contributed by atoms with E-state index in [2.05, 4.69) is 4.98 Å². The number of hydrogen-bond donors (Lipinski definition) is 0. The molecule has 6 nitrogen and oxygen atoms in total. The van der Waals surface area contributed by atoms with Gasteiger partial charge in [-0.05, 0) is 17.7 Å². The Morgan fingerprint density at radius 1 is 1.23 bits per heavy atom. The van der Waals surface area contributed by atoms with Crippen LogP contribution in [0, 0.1) is 5.82 Å². The molecule has 0 amide bonds. The zero-order valence-corrected chi connectivity index (χ0v) is 12.6. The van der Waals surface area contributed by atoms with E-state index in [1.807, 2.05) is 0 Å². The van der Waals surface area contributed by atoms with Gasteiger partial charge in [0.2, 0.25) is 0 Å². The van der Waals surface area contributed by atoms with Crippen LogP contribution in [0.15, 0.2) is 34.1 Å². The van der Waals surface area contributed by atoms with E-state index in [1.165, 1.54) is 30.1 Å². The van der Waals surface area contributed by atoms with Gasteiger partial charge in [0, 0.05) is 19.1 Å². The third-order valence-electron chi connectivity index (χ3n) is 3.57. The van der Waals surface area contributed by atoms with Gasteiger partial charge in [0.25, 0.3) is 5.56 Å². The topological polar surface area (TPSA) is 61.8 Å². The molecule has 0 saturated carbocycles. The average molecular weight is 323 g/mol. The lowest BCUT2D eigenvalue weighted by molar-refractivity contribution is 0.626. The summed E-state index contributed by atoms with van der Waals surface area (Å²) in [5, 5.41) is 0.267. The Morgan fingerprint density at radius 2 is 1.95 bits per heavy atom. The van der Waals surface area contributed by atoms with Crippen LogP contribution >= 0.6 is 11.6 Å². The van der Waals surface area contributed by atoms with Gasteiger partial charge in [-0.1, -0.05) is 17.7 Å². The number of aromatic nitrogens is 4. The third-order valence-corrected chi connectivity index (χ3v) is 3.92. The molecule has 0 radical (unpaired) electrons. The van der Waals surface area contributed by atoms with Gasteiger partial charge < -0.3 is 4.57 Å². The fraction of sp³-hybridized carbons (Fsp3) is 0.214. The summed E-state index contributed by atoms with van der Waals surface area (Å²) in [4.78, 5) is 28.3. The highest BCUT2D eigenvalue weighted by molar-refractivity contribution is 6.31. The van der Waals surface area contributed by atoms with Gasteiger partial charge in [0.05, 0.1) is 12.9 Å². The van der Waals surface area contributed by atoms with Gasteiger partial charge >= 0.3 is 5.69 Å². The first-order valence-corrected chi connectivity index (χ1v) is 6.82. The molecule has 0 bridgehead atoms. The largest absolute Gasteiger partial charge is 0.332 e. The van der Waals surface area contributed by atoms with E-state index in [9.17, 15) is 14.0 Å². The number of aryl methyl sites for hydroxylation is 1. The quantitative estimate of drug-likeness (QED) is 0.714. The molecule has 0 saturated heterocycles. The Morgan fingerprint density at radius 3 is 2.64 bits per heavy atom. The normalized spacial score (nSPS) is 11.3. The van der Waals surface area contributed by atoms with Crippen molar-refractivity contribution in [2.45, 2.75) is 6.54 Å². The van der Waals surface area contributed by atoms with E-state index in [1.54, 1.807) is 17.7 Å². The van der Waals surface area contributed by atoms with Crippen LogP contribution in [0.1, 0.15) is 5.56 Å². The standard InChI is InChI=1S/C14H12ClFN4O2/c1-18-12-11(13(21)19(2)14(18)22)20(7-17-12)6-8-3-4-9(16)5-10(8)15/h3-5,7H,6H2,1-2H3. The van der Waals surface area contributed by atoms with Crippen molar-refractivity contribution in [1.82, 2.24) is 18.7 Å². The maximum Gasteiger partial charge on any atom is 0.332 e. The van der Waals surface area contributed by atoms with Crippen molar-refractivity contribution < 1.29 is 4.39 Å². The van der Waals surface area contributed by atoms with Crippen molar-refractivity contribution >= 4 is 22.8 Å². The summed E-state index contributed by atoms with van der Waals surface area (Å²) in [6.07, 6.45) is 1.46. The first-order chi connectivity index (χ1) is 10.4. The summed E-state index contributed by atoms with van der Waals surface area (Å²) in [6.45, 7) is 0.253. The summed E-state index contributed by atoms with van der Waals surface area (Å²) in [5.41, 5.74) is 0.367. The van der Waals surface area contributed by atoms with Crippen molar-refractivity contribution in [3.63, 3.8) is 0 Å². The van der Waals surface area contributed by atoms with Crippen LogP contribution in [0.25, 0.3) is 11.2 Å². The van der Waals surface area contributed by atoms with Crippen molar-refractivity contribution in [2.24, 2.45) is 14.1 Å². The Balaban J connectivity index is 2.21. The van der Waals surface area contributed by atoms with Gasteiger partial charge in [-0.25, -0.2) is 14.2 Å². The molecule has 3 rings (SSSR count). The predicted molar refractivity (Wildman–Crippen MR) is 80.7 cm³/mol. The van der Waals surface area contributed by atoms with Crippen molar-refractivity contribution in [3.8, 4) is 0 Å². The lowest BCUT2D eigenvalue weighted by Crippen LogP contribution is -2.37. The lowest BCUT2D eigenvalue weighted by Gasteiger charge is -2.08. The molecule has 1 aromatic carbocycles. The number of imidazole rings is 1. The van der Waals surface area contributed by atoms with Gasteiger partial charge in [0.15, 0.2) is 11.2 Å². The minimum absolute atomic E-state index is 0.253. The number of nitrogens with zero attached hydrogens (tertiary/aromatic N) is 4. The van der Waals surface area contributed by atoms with Gasteiger partial charge in [-0.15, -0.1) is 0 Å². The number of rotatable bonds is 2. The maximum absolute atomic E-state index is 13.1. The molecule has 2 heterocycles. The highest BCUT2D eigenvalue weighted by atomic mass is 35.5. The molecule has 0 N–H and O–H groups in total. The molecule has 0 aliphatic carbocycles. The van der Waals surface area contributed by atoms with Crippen molar-refractivity contribution in [2.75, 3.05) is 0 Å². The average Bonchev–Trinajstić information content (AvgIpc) is 2.89. The summed E-state index contributed by atoms with van der Waals surface area (Å²) in [7, 11) is 2.96. The second kappa shape index (κ2) is 5.10. The van der Waals surface area contributed by atoms with E-state index in [4.69, 9.17) is 11.6 Å².